The van der Waals surface area contributed by atoms with E-state index in [9.17, 15) is 0 Å². The quantitative estimate of drug-likeness (QED) is 0.492. The zero-order valence-electron chi connectivity index (χ0n) is 19.9. The second-order valence-corrected chi connectivity index (χ2v) is 9.47. The van der Waals surface area contributed by atoms with Gasteiger partial charge in [-0.1, -0.05) is 18.2 Å². The van der Waals surface area contributed by atoms with Crippen LogP contribution in [-0.4, -0.2) is 50.4 Å². The number of methoxy groups -OCH3 is 2. The van der Waals surface area contributed by atoms with Crippen LogP contribution in [0.3, 0.4) is 0 Å². The van der Waals surface area contributed by atoms with Crippen molar-refractivity contribution in [2.75, 3.05) is 40.5 Å². The monoisotopic (exact) mass is 448 g/mol. The van der Waals surface area contributed by atoms with E-state index in [0.717, 1.165) is 69.4 Å². The molecule has 1 aromatic heterocycles. The number of nitrogens with zero attached hydrogens (tertiary/aromatic N) is 1. The zero-order valence-corrected chi connectivity index (χ0v) is 19.9. The number of hydrogen-bond acceptors (Lipinski definition) is 4. The Morgan fingerprint density at radius 1 is 1.06 bits per heavy atom. The molecule has 5 heteroatoms. The number of hydrogen-bond donors (Lipinski definition) is 1. The largest absolute Gasteiger partial charge is 0.493 e. The minimum absolute atomic E-state index is 0.418. The molecule has 0 bridgehead atoms. The van der Waals surface area contributed by atoms with Gasteiger partial charge in [0.05, 0.1) is 14.2 Å². The molecule has 1 fully saturated rings. The average molecular weight is 449 g/mol. The summed E-state index contributed by atoms with van der Waals surface area (Å²) in [7, 11) is 3.46. The summed E-state index contributed by atoms with van der Waals surface area (Å²) in [6, 6.07) is 13.5. The molecular formula is C28H36N2O3. The normalized spacial score (nSPS) is 19.5. The summed E-state index contributed by atoms with van der Waals surface area (Å²) in [5, 5.41) is 1.35. The van der Waals surface area contributed by atoms with Gasteiger partial charge in [0.25, 0.3) is 0 Å². The first-order valence-corrected chi connectivity index (χ1v) is 12.4. The van der Waals surface area contributed by atoms with Gasteiger partial charge in [-0.05, 0) is 79.3 Å². The molecule has 0 aliphatic carbocycles. The molecule has 0 radical (unpaired) electrons. The topological polar surface area (TPSA) is 46.7 Å². The summed E-state index contributed by atoms with van der Waals surface area (Å²) < 4.78 is 16.9. The lowest BCUT2D eigenvalue weighted by molar-refractivity contribution is 0.0421. The molecule has 3 heterocycles. The smallest absolute Gasteiger partial charge is 0.161 e. The van der Waals surface area contributed by atoms with Crippen molar-refractivity contribution >= 4 is 10.9 Å². The SMILES string of the molecule is COc1cc2c(cc1OC)C(CCCc1c[nH]c3ccccc13)N(CC1CCOCC1)CC2. The van der Waals surface area contributed by atoms with E-state index in [1.807, 2.05) is 0 Å². The van der Waals surface area contributed by atoms with E-state index >= 15 is 0 Å². The van der Waals surface area contributed by atoms with E-state index in [1.165, 1.54) is 40.4 Å². The Morgan fingerprint density at radius 2 is 1.85 bits per heavy atom. The standard InChI is InChI=1S/C28H36N2O3/c1-31-27-16-21-10-13-30(19-20-11-14-33-15-12-20)26(24(21)17-28(27)32-2)9-5-6-22-18-29-25-8-4-3-7-23(22)25/h3-4,7-8,16-18,20,26,29H,5-6,9-15,19H2,1-2H3. The number of aromatic nitrogens is 1. The molecular weight excluding hydrogens is 412 g/mol. The van der Waals surface area contributed by atoms with Crippen LogP contribution < -0.4 is 9.47 Å². The minimum Gasteiger partial charge on any atom is -0.493 e. The Bertz CT molecular complexity index is 1070. The van der Waals surface area contributed by atoms with Gasteiger partial charge in [-0.25, -0.2) is 0 Å². The second kappa shape index (κ2) is 10.2. The third-order valence-electron chi connectivity index (χ3n) is 7.55. The second-order valence-electron chi connectivity index (χ2n) is 9.47. The van der Waals surface area contributed by atoms with Crippen LogP contribution in [0.1, 0.15) is 48.4 Å². The summed E-state index contributed by atoms with van der Waals surface area (Å²) in [5.74, 6) is 2.41. The number of aryl methyl sites for hydroxylation is 1. The lowest BCUT2D eigenvalue weighted by Gasteiger charge is -2.40. The number of nitrogens with one attached hydrogen (secondary N) is 1. The highest BCUT2D eigenvalue weighted by molar-refractivity contribution is 5.83. The van der Waals surface area contributed by atoms with Crippen LogP contribution in [0.2, 0.25) is 0 Å². The van der Waals surface area contributed by atoms with Crippen LogP contribution in [0.15, 0.2) is 42.6 Å². The Kier molecular flexibility index (Phi) is 6.88. The lowest BCUT2D eigenvalue weighted by Crippen LogP contribution is -2.40. The van der Waals surface area contributed by atoms with Gasteiger partial charge in [0.2, 0.25) is 0 Å². The number of fused-ring (bicyclic) bond motifs is 2. The first-order valence-electron chi connectivity index (χ1n) is 12.4. The summed E-state index contributed by atoms with van der Waals surface area (Å²) in [6.07, 6.45) is 9.00. The Balaban J connectivity index is 1.37. The van der Waals surface area contributed by atoms with Gasteiger partial charge in [0, 0.05) is 49.4 Å². The maximum atomic E-state index is 5.68. The molecule has 3 aromatic rings. The lowest BCUT2D eigenvalue weighted by atomic mass is 9.87. The van der Waals surface area contributed by atoms with Gasteiger partial charge in [-0.15, -0.1) is 0 Å². The van der Waals surface area contributed by atoms with Crippen molar-refractivity contribution in [2.45, 2.75) is 44.6 Å². The van der Waals surface area contributed by atoms with Crippen molar-refractivity contribution in [2.24, 2.45) is 5.92 Å². The van der Waals surface area contributed by atoms with Crippen LogP contribution in [-0.2, 0) is 17.6 Å². The van der Waals surface area contributed by atoms with Gasteiger partial charge in [-0.2, -0.15) is 0 Å². The number of benzene rings is 2. The van der Waals surface area contributed by atoms with Crippen LogP contribution >= 0.6 is 0 Å². The Labute approximate surface area is 197 Å². The minimum atomic E-state index is 0.418. The molecule has 2 aromatic carbocycles. The molecule has 5 rings (SSSR count). The van der Waals surface area contributed by atoms with Gasteiger partial charge in [0.1, 0.15) is 0 Å². The molecule has 2 aliphatic heterocycles. The summed E-state index contributed by atoms with van der Waals surface area (Å²) in [6.45, 7) is 4.09. The van der Waals surface area contributed by atoms with E-state index in [0.29, 0.717) is 6.04 Å². The van der Waals surface area contributed by atoms with Crippen molar-refractivity contribution in [3.63, 3.8) is 0 Å². The zero-order chi connectivity index (χ0) is 22.6. The molecule has 1 unspecified atom stereocenters. The molecule has 5 nitrogen and oxygen atoms in total. The number of aromatic amines is 1. The Hall–Kier alpha value is -2.50. The first-order chi connectivity index (χ1) is 16.3. The van der Waals surface area contributed by atoms with Gasteiger partial charge in [-0.3, -0.25) is 4.90 Å². The first kappa shape index (κ1) is 22.3. The van der Waals surface area contributed by atoms with E-state index < -0.39 is 0 Å². The average Bonchev–Trinajstić information content (AvgIpc) is 3.28. The number of para-hydroxylation sites is 1. The molecule has 0 amide bonds. The predicted molar refractivity (Wildman–Crippen MR) is 132 cm³/mol. The fraction of sp³-hybridized carbons (Fsp3) is 0.500. The van der Waals surface area contributed by atoms with Crippen molar-refractivity contribution in [1.82, 2.24) is 9.88 Å². The number of rotatable bonds is 8. The fourth-order valence-electron chi connectivity index (χ4n) is 5.72. The third kappa shape index (κ3) is 4.75. The van der Waals surface area contributed by atoms with Crippen LogP contribution in [0.4, 0.5) is 0 Å². The van der Waals surface area contributed by atoms with Crippen LogP contribution in [0.5, 0.6) is 11.5 Å². The van der Waals surface area contributed by atoms with Gasteiger partial charge in [0.15, 0.2) is 11.5 Å². The van der Waals surface area contributed by atoms with E-state index in [-0.39, 0.29) is 0 Å². The molecule has 33 heavy (non-hydrogen) atoms. The molecule has 2 aliphatic rings. The number of H-pyrrole nitrogens is 1. The van der Waals surface area contributed by atoms with Gasteiger partial charge < -0.3 is 19.2 Å². The highest BCUT2D eigenvalue weighted by atomic mass is 16.5. The highest BCUT2D eigenvalue weighted by Gasteiger charge is 2.30. The molecule has 176 valence electrons. The molecule has 1 N–H and O–H groups in total. The van der Waals surface area contributed by atoms with Gasteiger partial charge >= 0.3 is 0 Å². The summed E-state index contributed by atoms with van der Waals surface area (Å²) >= 11 is 0. The van der Waals surface area contributed by atoms with Crippen molar-refractivity contribution in [3.05, 3.63) is 59.3 Å². The van der Waals surface area contributed by atoms with Crippen molar-refractivity contribution in [1.29, 1.82) is 0 Å². The summed E-state index contributed by atoms with van der Waals surface area (Å²) in [4.78, 5) is 6.17. The molecule has 1 saturated heterocycles. The van der Waals surface area contributed by atoms with E-state index in [1.54, 1.807) is 14.2 Å². The fourth-order valence-corrected chi connectivity index (χ4v) is 5.72. The predicted octanol–water partition coefficient (Wildman–Crippen LogP) is 5.53. The molecule has 0 spiro atoms. The van der Waals surface area contributed by atoms with E-state index in [2.05, 4.69) is 52.5 Å². The maximum Gasteiger partial charge on any atom is 0.161 e. The van der Waals surface area contributed by atoms with Crippen molar-refractivity contribution < 1.29 is 14.2 Å². The van der Waals surface area contributed by atoms with E-state index in [4.69, 9.17) is 14.2 Å². The Morgan fingerprint density at radius 3 is 2.67 bits per heavy atom. The highest BCUT2D eigenvalue weighted by Crippen LogP contribution is 2.41. The molecule has 0 saturated carbocycles. The summed E-state index contributed by atoms with van der Waals surface area (Å²) in [5.41, 5.74) is 5.48. The van der Waals surface area contributed by atoms with Crippen LogP contribution in [0.25, 0.3) is 10.9 Å². The number of ether oxygens (including phenoxy) is 3. The molecule has 1 atom stereocenters. The van der Waals surface area contributed by atoms with Crippen LogP contribution in [0, 0.1) is 5.92 Å². The van der Waals surface area contributed by atoms with Crippen molar-refractivity contribution in [3.8, 4) is 11.5 Å². The third-order valence-corrected chi connectivity index (χ3v) is 7.55. The maximum absolute atomic E-state index is 5.68.